The van der Waals surface area contributed by atoms with Gasteiger partial charge in [-0.05, 0) is 48.9 Å². The maximum absolute atomic E-state index is 2.16. The molecule has 6 aromatic carbocycles. The Hall–Kier alpha value is -3.51. The molecule has 0 nitrogen and oxygen atoms in total. The summed E-state index contributed by atoms with van der Waals surface area (Å²) >= 11 is 0. The van der Waals surface area contributed by atoms with Gasteiger partial charge in [-0.3, -0.25) is 0 Å². The number of benzene rings is 6. The Kier molecular flexibility index (Phi) is 76.2. The van der Waals surface area contributed by atoms with Crippen LogP contribution in [0.3, 0.4) is 0 Å². The maximum atomic E-state index is 2.16. The summed E-state index contributed by atoms with van der Waals surface area (Å²) in [5, 5.41) is 0. The van der Waals surface area contributed by atoms with Crippen LogP contribution in [-0.4, -0.2) is 0 Å². The molecule has 0 heterocycles. The summed E-state index contributed by atoms with van der Waals surface area (Å²) in [7, 11) is 0. The fourth-order valence-electron chi connectivity index (χ4n) is 3.92. The second kappa shape index (κ2) is 60.7. The zero-order chi connectivity index (χ0) is 40.1. The molecule has 0 atom stereocenters. The van der Waals surface area contributed by atoms with Gasteiger partial charge >= 0.3 is 0 Å². The molecule has 0 N–H and O–H groups in total. The molecular weight excluding hydrogens is 750 g/mol. The van der Waals surface area contributed by atoms with E-state index in [1.54, 1.807) is 0 Å². The predicted octanol–water partition coefficient (Wildman–Crippen LogP) is 18.0. The molecule has 0 amide bonds. The van der Waals surface area contributed by atoms with Crippen LogP contribution in [-0.2, 0) is 50.0 Å². The molecule has 2 radical (unpaired) electrons. The molecule has 0 spiro atoms. The number of hydrogen-bond acceptors (Lipinski definition) is 0. The molecule has 2 heteroatoms. The average molecular weight is 835 g/mol. The van der Waals surface area contributed by atoms with Gasteiger partial charge in [0.25, 0.3) is 0 Å². The van der Waals surface area contributed by atoms with E-state index >= 15 is 0 Å². The minimum absolute atomic E-state index is 0. The van der Waals surface area contributed by atoms with Crippen LogP contribution in [0, 0.1) is 13.8 Å². The van der Waals surface area contributed by atoms with Crippen LogP contribution in [0.15, 0.2) is 182 Å². The van der Waals surface area contributed by atoms with Crippen molar-refractivity contribution >= 4 is 0 Å². The van der Waals surface area contributed by atoms with Crippen molar-refractivity contribution in [1.29, 1.82) is 0 Å². The van der Waals surface area contributed by atoms with Crippen LogP contribution in [0.1, 0.15) is 131 Å². The van der Waals surface area contributed by atoms with Gasteiger partial charge in [-0.2, -0.15) is 0 Å². The fourth-order valence-corrected chi connectivity index (χ4v) is 3.92. The van der Waals surface area contributed by atoms with E-state index in [0.717, 1.165) is 12.8 Å². The largest absolute Gasteiger partial charge is 0.0776 e. The van der Waals surface area contributed by atoms with Gasteiger partial charge in [-0.1, -0.05) is 291 Å². The summed E-state index contributed by atoms with van der Waals surface area (Å²) < 4.78 is 0. The molecular formula is C54H84V2. The summed E-state index contributed by atoms with van der Waals surface area (Å²) in [5.41, 5.74) is 8.12. The molecule has 0 unspecified atom stereocenters. The minimum atomic E-state index is 0. The predicted molar refractivity (Wildman–Crippen MR) is 255 cm³/mol. The van der Waals surface area contributed by atoms with Gasteiger partial charge in [0.15, 0.2) is 0 Å². The number of rotatable bonds is 4. The summed E-state index contributed by atoms with van der Waals surface area (Å²) in [6, 6.07) is 62.7. The Labute approximate surface area is 374 Å². The quantitative estimate of drug-likeness (QED) is 0.166. The first kappa shape index (κ1) is 70.3. The average Bonchev–Trinajstić information content (AvgIpc) is 3.25. The third kappa shape index (κ3) is 44.9. The standard InChI is InChI=1S/2C13H12.2C7H8.6C2H6.2CH4.2V/c2*1-3-7-12(8-4-1)11-13-9-5-2-6-10-13;2*1-7-5-3-2-4-6-7;6*1-2;;;;/h2*1-10H,11H2;2*2-6H,1H3;6*1-2H3;2*1H4;;. The van der Waals surface area contributed by atoms with Crippen molar-refractivity contribution in [1.82, 2.24) is 0 Å². The summed E-state index contributed by atoms with van der Waals surface area (Å²) in [4.78, 5) is 0. The summed E-state index contributed by atoms with van der Waals surface area (Å²) in [6.45, 7) is 28.2. The van der Waals surface area contributed by atoms with E-state index in [0.29, 0.717) is 0 Å². The molecule has 0 aliphatic heterocycles. The smallest absolute Gasteiger partial charge is 0 e. The van der Waals surface area contributed by atoms with Crippen LogP contribution in [0.4, 0.5) is 0 Å². The summed E-state index contributed by atoms with van der Waals surface area (Å²) in [5.74, 6) is 0. The first-order valence-corrected chi connectivity index (χ1v) is 19.9. The van der Waals surface area contributed by atoms with Gasteiger partial charge < -0.3 is 0 Å². The molecule has 6 aromatic rings. The second-order valence-corrected chi connectivity index (χ2v) is 9.61. The van der Waals surface area contributed by atoms with Crippen molar-refractivity contribution < 1.29 is 37.1 Å². The maximum Gasteiger partial charge on any atom is 0 e. The van der Waals surface area contributed by atoms with Crippen molar-refractivity contribution in [3.63, 3.8) is 0 Å². The molecule has 56 heavy (non-hydrogen) atoms. The van der Waals surface area contributed by atoms with Crippen molar-refractivity contribution in [3.05, 3.63) is 215 Å². The van der Waals surface area contributed by atoms with Crippen LogP contribution in [0.2, 0.25) is 0 Å². The first-order valence-electron chi connectivity index (χ1n) is 19.9. The zero-order valence-corrected chi connectivity index (χ0v) is 39.4. The molecule has 0 aliphatic carbocycles. The van der Waals surface area contributed by atoms with E-state index in [9.17, 15) is 0 Å². The number of hydrogen-bond donors (Lipinski definition) is 0. The SMILES string of the molecule is C.C.CC.CC.CC.CC.CC.CC.Cc1ccccc1.Cc1ccccc1.[V].[V].c1ccc(Cc2ccccc2)cc1.c1ccc(Cc2ccccc2)cc1. The van der Waals surface area contributed by atoms with E-state index in [-0.39, 0.29) is 52.0 Å². The zero-order valence-electron chi connectivity index (χ0n) is 36.6. The van der Waals surface area contributed by atoms with Crippen molar-refractivity contribution in [2.24, 2.45) is 0 Å². The Morgan fingerprint density at radius 3 is 0.464 bits per heavy atom. The van der Waals surface area contributed by atoms with E-state index in [1.165, 1.54) is 33.4 Å². The molecule has 310 valence electrons. The Bertz CT molecular complexity index is 1220. The van der Waals surface area contributed by atoms with Crippen LogP contribution in [0.25, 0.3) is 0 Å². The van der Waals surface area contributed by atoms with Crippen molar-refractivity contribution in [2.45, 2.75) is 125 Å². The van der Waals surface area contributed by atoms with Crippen molar-refractivity contribution in [2.75, 3.05) is 0 Å². The normalized spacial score (nSPS) is 7.39. The molecule has 0 saturated carbocycles. The summed E-state index contributed by atoms with van der Waals surface area (Å²) in [6.07, 6.45) is 2.06. The monoisotopic (exact) mass is 835 g/mol. The van der Waals surface area contributed by atoms with Gasteiger partial charge in [0.1, 0.15) is 0 Å². The third-order valence-electron chi connectivity index (χ3n) is 6.07. The molecule has 0 aromatic heterocycles. The van der Waals surface area contributed by atoms with E-state index in [2.05, 4.69) is 159 Å². The molecule has 6 rings (SSSR count). The first-order chi connectivity index (χ1) is 25.7. The van der Waals surface area contributed by atoms with Gasteiger partial charge in [-0.15, -0.1) is 0 Å². The van der Waals surface area contributed by atoms with Crippen molar-refractivity contribution in [3.8, 4) is 0 Å². The Balaban J connectivity index is -0.0000000838. The van der Waals surface area contributed by atoms with E-state index in [1.807, 2.05) is 119 Å². The van der Waals surface area contributed by atoms with E-state index in [4.69, 9.17) is 0 Å². The topological polar surface area (TPSA) is 0 Å². The number of aryl methyl sites for hydroxylation is 2. The van der Waals surface area contributed by atoms with Crippen LogP contribution < -0.4 is 0 Å². The minimum Gasteiger partial charge on any atom is -0.0776 e. The van der Waals surface area contributed by atoms with E-state index < -0.39 is 0 Å². The Morgan fingerprint density at radius 2 is 0.357 bits per heavy atom. The van der Waals surface area contributed by atoms with Gasteiger partial charge in [0, 0.05) is 37.1 Å². The molecule has 0 saturated heterocycles. The fraction of sp³-hybridized carbons (Fsp3) is 0.333. The van der Waals surface area contributed by atoms with Crippen LogP contribution >= 0.6 is 0 Å². The van der Waals surface area contributed by atoms with Crippen LogP contribution in [0.5, 0.6) is 0 Å². The second-order valence-electron chi connectivity index (χ2n) is 9.61. The van der Waals surface area contributed by atoms with Gasteiger partial charge in [0.2, 0.25) is 0 Å². The van der Waals surface area contributed by atoms with Gasteiger partial charge in [-0.25, -0.2) is 0 Å². The Morgan fingerprint density at radius 1 is 0.232 bits per heavy atom. The third-order valence-corrected chi connectivity index (χ3v) is 6.07. The molecule has 0 aliphatic rings. The molecule has 0 fully saturated rings. The molecule has 0 bridgehead atoms. The van der Waals surface area contributed by atoms with Gasteiger partial charge in [0.05, 0.1) is 0 Å².